The summed E-state index contributed by atoms with van der Waals surface area (Å²) in [5.41, 5.74) is 1.24. The lowest BCUT2D eigenvalue weighted by Crippen LogP contribution is -2.47. The van der Waals surface area contributed by atoms with Crippen molar-refractivity contribution in [2.75, 3.05) is 52.9 Å². The molecule has 3 nitrogen and oxygen atoms in total. The third-order valence-electron chi connectivity index (χ3n) is 4.27. The number of piperazine rings is 1. The molecule has 0 bridgehead atoms. The second kappa shape index (κ2) is 5.87. The third-order valence-corrected chi connectivity index (χ3v) is 4.27. The Labute approximate surface area is 106 Å². The van der Waals surface area contributed by atoms with Crippen molar-refractivity contribution < 1.29 is 0 Å². The maximum atomic E-state index is 4.04. The minimum atomic E-state index is 0.911. The first-order valence-electron chi connectivity index (χ1n) is 6.96. The summed E-state index contributed by atoms with van der Waals surface area (Å²) < 4.78 is 0. The van der Waals surface area contributed by atoms with E-state index in [0.717, 1.165) is 5.92 Å². The highest BCUT2D eigenvalue weighted by Crippen LogP contribution is 2.21. The molecule has 3 heteroatoms. The van der Waals surface area contributed by atoms with E-state index in [2.05, 4.69) is 35.3 Å². The molecular weight excluding hydrogens is 210 g/mol. The highest BCUT2D eigenvalue weighted by molar-refractivity contribution is 4.91. The third kappa shape index (κ3) is 3.71. The van der Waals surface area contributed by atoms with Crippen molar-refractivity contribution >= 4 is 0 Å². The van der Waals surface area contributed by atoms with E-state index in [-0.39, 0.29) is 0 Å². The fourth-order valence-electron chi connectivity index (χ4n) is 2.89. The van der Waals surface area contributed by atoms with Crippen LogP contribution in [0.3, 0.4) is 0 Å². The molecule has 0 amide bonds. The number of hydrogen-bond donors (Lipinski definition) is 0. The van der Waals surface area contributed by atoms with Gasteiger partial charge in [-0.1, -0.05) is 6.58 Å². The number of piperidine rings is 1. The molecule has 2 aliphatic rings. The monoisotopic (exact) mass is 237 g/mol. The van der Waals surface area contributed by atoms with Gasteiger partial charge in [-0.05, 0) is 32.7 Å². The first-order valence-corrected chi connectivity index (χ1v) is 6.96. The van der Waals surface area contributed by atoms with E-state index in [1.165, 1.54) is 64.4 Å². The van der Waals surface area contributed by atoms with Crippen molar-refractivity contribution in [1.82, 2.24) is 14.7 Å². The summed E-state index contributed by atoms with van der Waals surface area (Å²) in [5.74, 6) is 0.911. The van der Waals surface area contributed by atoms with Crippen LogP contribution < -0.4 is 0 Å². The fraction of sp³-hybridized carbons (Fsp3) is 0.857. The van der Waals surface area contributed by atoms with Crippen molar-refractivity contribution in [2.45, 2.75) is 19.8 Å². The zero-order valence-electron chi connectivity index (χ0n) is 11.5. The standard InChI is InChI=1S/C14H27N3/c1-13(2)17-6-4-14(5-7-17)12-16-10-8-15(3)9-11-16/h14H,1,4-12H2,2-3H3. The summed E-state index contributed by atoms with van der Waals surface area (Å²) in [6.45, 7) is 14.9. The summed E-state index contributed by atoms with van der Waals surface area (Å²) in [6.07, 6.45) is 2.69. The van der Waals surface area contributed by atoms with E-state index in [9.17, 15) is 0 Å². The Balaban J connectivity index is 1.69. The number of likely N-dealkylation sites (N-methyl/N-ethyl adjacent to an activating group) is 1. The Morgan fingerprint density at radius 2 is 1.65 bits per heavy atom. The molecule has 0 N–H and O–H groups in total. The maximum Gasteiger partial charge on any atom is 0.0177 e. The fourth-order valence-corrected chi connectivity index (χ4v) is 2.89. The Kier molecular flexibility index (Phi) is 4.46. The van der Waals surface area contributed by atoms with Crippen LogP contribution in [-0.2, 0) is 0 Å². The molecule has 0 aromatic rings. The SMILES string of the molecule is C=C(C)N1CCC(CN2CCN(C)CC2)CC1. The van der Waals surface area contributed by atoms with Gasteiger partial charge in [0.2, 0.25) is 0 Å². The van der Waals surface area contributed by atoms with Gasteiger partial charge in [-0.25, -0.2) is 0 Å². The minimum Gasteiger partial charge on any atom is -0.376 e. The van der Waals surface area contributed by atoms with Crippen LogP contribution in [0, 0.1) is 5.92 Å². The van der Waals surface area contributed by atoms with Gasteiger partial charge in [0.25, 0.3) is 0 Å². The molecule has 0 aromatic carbocycles. The average molecular weight is 237 g/mol. The van der Waals surface area contributed by atoms with E-state index in [4.69, 9.17) is 0 Å². The first kappa shape index (κ1) is 12.9. The van der Waals surface area contributed by atoms with Crippen molar-refractivity contribution in [2.24, 2.45) is 5.92 Å². The summed E-state index contributed by atoms with van der Waals surface area (Å²) >= 11 is 0. The number of nitrogens with zero attached hydrogens (tertiary/aromatic N) is 3. The number of likely N-dealkylation sites (tertiary alicyclic amines) is 1. The zero-order valence-corrected chi connectivity index (χ0v) is 11.5. The minimum absolute atomic E-state index is 0.911. The van der Waals surface area contributed by atoms with Gasteiger partial charge >= 0.3 is 0 Å². The lowest BCUT2D eigenvalue weighted by Gasteiger charge is -2.38. The average Bonchev–Trinajstić information content (AvgIpc) is 2.33. The Bertz CT molecular complexity index is 248. The summed E-state index contributed by atoms with van der Waals surface area (Å²) in [4.78, 5) is 7.52. The zero-order chi connectivity index (χ0) is 12.3. The van der Waals surface area contributed by atoms with Crippen LogP contribution in [0.5, 0.6) is 0 Å². The smallest absolute Gasteiger partial charge is 0.0177 e. The molecule has 2 aliphatic heterocycles. The van der Waals surface area contributed by atoms with Crippen molar-refractivity contribution in [3.8, 4) is 0 Å². The molecule has 0 saturated carbocycles. The van der Waals surface area contributed by atoms with E-state index in [1.54, 1.807) is 0 Å². The topological polar surface area (TPSA) is 9.72 Å². The highest BCUT2D eigenvalue weighted by atomic mass is 15.2. The lowest BCUT2D eigenvalue weighted by atomic mass is 9.95. The van der Waals surface area contributed by atoms with Crippen molar-refractivity contribution in [3.63, 3.8) is 0 Å². The molecule has 98 valence electrons. The van der Waals surface area contributed by atoms with Crippen LogP contribution in [0.4, 0.5) is 0 Å². The number of rotatable bonds is 3. The predicted molar refractivity (Wildman–Crippen MR) is 73.0 cm³/mol. The number of hydrogen-bond acceptors (Lipinski definition) is 3. The van der Waals surface area contributed by atoms with Gasteiger partial charge in [-0.3, -0.25) is 0 Å². The molecule has 2 heterocycles. The van der Waals surface area contributed by atoms with Crippen LogP contribution in [-0.4, -0.2) is 67.6 Å². The summed E-state index contributed by atoms with van der Waals surface area (Å²) in [6, 6.07) is 0. The molecule has 2 saturated heterocycles. The Morgan fingerprint density at radius 3 is 2.18 bits per heavy atom. The molecule has 17 heavy (non-hydrogen) atoms. The highest BCUT2D eigenvalue weighted by Gasteiger charge is 2.22. The molecule has 0 unspecified atom stereocenters. The Hall–Kier alpha value is -0.540. The second-order valence-corrected chi connectivity index (χ2v) is 5.77. The normalized spacial score (nSPS) is 25.2. The van der Waals surface area contributed by atoms with E-state index >= 15 is 0 Å². The second-order valence-electron chi connectivity index (χ2n) is 5.77. The van der Waals surface area contributed by atoms with Gasteiger partial charge in [-0.2, -0.15) is 0 Å². The molecule has 0 radical (unpaired) electrons. The maximum absolute atomic E-state index is 4.04. The van der Waals surface area contributed by atoms with E-state index in [0.29, 0.717) is 0 Å². The van der Waals surface area contributed by atoms with Crippen LogP contribution in [0.25, 0.3) is 0 Å². The van der Waals surface area contributed by atoms with Gasteiger partial charge in [0, 0.05) is 51.5 Å². The van der Waals surface area contributed by atoms with Gasteiger partial charge in [0.15, 0.2) is 0 Å². The molecule has 0 aliphatic carbocycles. The van der Waals surface area contributed by atoms with E-state index in [1.807, 2.05) is 0 Å². The molecule has 2 rings (SSSR count). The number of allylic oxidation sites excluding steroid dienone is 1. The first-order chi connectivity index (χ1) is 8.15. The molecular formula is C14H27N3. The predicted octanol–water partition coefficient (Wildman–Crippen LogP) is 1.48. The largest absolute Gasteiger partial charge is 0.376 e. The quantitative estimate of drug-likeness (QED) is 0.736. The van der Waals surface area contributed by atoms with E-state index < -0.39 is 0 Å². The van der Waals surface area contributed by atoms with Gasteiger partial charge in [-0.15, -0.1) is 0 Å². The summed E-state index contributed by atoms with van der Waals surface area (Å²) in [5, 5.41) is 0. The van der Waals surface area contributed by atoms with Crippen LogP contribution in [0.15, 0.2) is 12.3 Å². The van der Waals surface area contributed by atoms with Crippen LogP contribution in [0.2, 0.25) is 0 Å². The summed E-state index contributed by atoms with van der Waals surface area (Å²) in [7, 11) is 2.22. The van der Waals surface area contributed by atoms with Crippen molar-refractivity contribution in [3.05, 3.63) is 12.3 Å². The Morgan fingerprint density at radius 1 is 1.06 bits per heavy atom. The van der Waals surface area contributed by atoms with Crippen molar-refractivity contribution in [1.29, 1.82) is 0 Å². The molecule has 2 fully saturated rings. The van der Waals surface area contributed by atoms with Crippen LogP contribution in [0.1, 0.15) is 19.8 Å². The molecule has 0 aromatic heterocycles. The van der Waals surface area contributed by atoms with Gasteiger partial charge in [0.1, 0.15) is 0 Å². The molecule has 0 atom stereocenters. The van der Waals surface area contributed by atoms with Gasteiger partial charge < -0.3 is 14.7 Å². The lowest BCUT2D eigenvalue weighted by molar-refractivity contribution is 0.114. The molecule has 0 spiro atoms. The van der Waals surface area contributed by atoms with Gasteiger partial charge in [0.05, 0.1) is 0 Å². The van der Waals surface area contributed by atoms with Crippen LogP contribution >= 0.6 is 0 Å².